The maximum atomic E-state index is 5.84. The lowest BCUT2D eigenvalue weighted by Crippen LogP contribution is -2.11. The van der Waals surface area contributed by atoms with Crippen LogP contribution in [0.5, 0.6) is 0 Å². The van der Waals surface area contributed by atoms with Crippen LogP contribution in [0, 0.1) is 0 Å². The van der Waals surface area contributed by atoms with E-state index in [1.54, 1.807) is 4.68 Å². The van der Waals surface area contributed by atoms with Crippen molar-refractivity contribution in [1.82, 2.24) is 15.0 Å². The van der Waals surface area contributed by atoms with E-state index in [0.717, 1.165) is 18.7 Å². The van der Waals surface area contributed by atoms with Crippen molar-refractivity contribution < 1.29 is 4.74 Å². The van der Waals surface area contributed by atoms with E-state index in [4.69, 9.17) is 10.5 Å². The lowest BCUT2D eigenvalue weighted by Gasteiger charge is -2.06. The number of aromatic nitrogens is 3. The van der Waals surface area contributed by atoms with Crippen LogP contribution in [0.3, 0.4) is 0 Å². The molecule has 5 heteroatoms. The second-order valence-corrected chi connectivity index (χ2v) is 3.84. The van der Waals surface area contributed by atoms with E-state index in [2.05, 4.69) is 10.3 Å². The summed E-state index contributed by atoms with van der Waals surface area (Å²) in [5.74, 6) is 0. The van der Waals surface area contributed by atoms with Crippen molar-refractivity contribution in [2.45, 2.75) is 45.9 Å². The normalized spacial score (nSPS) is 13.4. The molecule has 0 aliphatic carbocycles. The average Bonchev–Trinajstić information content (AvgIpc) is 2.65. The summed E-state index contributed by atoms with van der Waals surface area (Å²) >= 11 is 0. The third-order valence-corrected chi connectivity index (χ3v) is 2.15. The molecule has 0 bridgehead atoms. The van der Waals surface area contributed by atoms with Crippen LogP contribution in [-0.4, -0.2) is 27.7 Å². The van der Waals surface area contributed by atoms with Crippen LogP contribution in [-0.2, 0) is 11.3 Å². The van der Waals surface area contributed by atoms with E-state index in [1.807, 2.05) is 27.0 Å². The molecule has 2 N–H and O–H groups in total. The summed E-state index contributed by atoms with van der Waals surface area (Å²) in [6, 6.07) is -0.00947. The van der Waals surface area contributed by atoms with Crippen molar-refractivity contribution in [3.63, 3.8) is 0 Å². The first-order valence-electron chi connectivity index (χ1n) is 5.40. The highest BCUT2D eigenvalue weighted by Gasteiger charge is 2.07. The average molecular weight is 212 g/mol. The minimum Gasteiger partial charge on any atom is -0.377 e. The lowest BCUT2D eigenvalue weighted by atomic mass is 10.2. The predicted molar refractivity (Wildman–Crippen MR) is 58.3 cm³/mol. The zero-order valence-corrected chi connectivity index (χ0v) is 9.68. The first-order valence-corrected chi connectivity index (χ1v) is 5.40. The second kappa shape index (κ2) is 5.82. The van der Waals surface area contributed by atoms with Crippen LogP contribution in [0.25, 0.3) is 0 Å². The molecule has 0 amide bonds. The molecule has 1 heterocycles. The summed E-state index contributed by atoms with van der Waals surface area (Å²) in [5, 5.41) is 8.01. The molecule has 0 saturated heterocycles. The SMILES string of the molecule is CCC(N)c1cn(CCOC(C)C)nn1. The molecule has 0 saturated carbocycles. The van der Waals surface area contributed by atoms with E-state index in [1.165, 1.54) is 0 Å². The van der Waals surface area contributed by atoms with Crippen molar-refractivity contribution in [3.05, 3.63) is 11.9 Å². The van der Waals surface area contributed by atoms with Crippen LogP contribution in [0.2, 0.25) is 0 Å². The Bertz CT molecular complexity index is 285. The maximum absolute atomic E-state index is 5.84. The molecule has 0 aliphatic rings. The Morgan fingerprint density at radius 3 is 2.87 bits per heavy atom. The highest BCUT2D eigenvalue weighted by atomic mass is 16.5. The smallest absolute Gasteiger partial charge is 0.0994 e. The van der Waals surface area contributed by atoms with Gasteiger partial charge < -0.3 is 10.5 Å². The topological polar surface area (TPSA) is 66.0 Å². The Balaban J connectivity index is 2.39. The summed E-state index contributed by atoms with van der Waals surface area (Å²) in [6.45, 7) is 7.44. The summed E-state index contributed by atoms with van der Waals surface area (Å²) in [5.41, 5.74) is 6.69. The minimum atomic E-state index is -0.00947. The van der Waals surface area contributed by atoms with E-state index >= 15 is 0 Å². The van der Waals surface area contributed by atoms with Gasteiger partial charge in [0.2, 0.25) is 0 Å². The standard InChI is InChI=1S/C10H20N4O/c1-4-9(11)10-7-14(13-12-10)5-6-15-8(2)3/h7-9H,4-6,11H2,1-3H3. The predicted octanol–water partition coefficient (Wildman–Crippen LogP) is 1.11. The summed E-state index contributed by atoms with van der Waals surface area (Å²) in [4.78, 5) is 0. The molecule has 0 radical (unpaired) electrons. The Morgan fingerprint density at radius 1 is 1.53 bits per heavy atom. The van der Waals surface area contributed by atoms with Crippen molar-refractivity contribution in [2.24, 2.45) is 5.73 Å². The van der Waals surface area contributed by atoms with Gasteiger partial charge in [0.25, 0.3) is 0 Å². The molecule has 1 aromatic rings. The first kappa shape index (κ1) is 12.1. The third kappa shape index (κ3) is 3.97. The van der Waals surface area contributed by atoms with Crippen molar-refractivity contribution in [2.75, 3.05) is 6.61 Å². The molecule has 1 unspecified atom stereocenters. The van der Waals surface area contributed by atoms with Crippen LogP contribution in [0.15, 0.2) is 6.20 Å². The van der Waals surface area contributed by atoms with E-state index < -0.39 is 0 Å². The molecule has 0 fully saturated rings. The van der Waals surface area contributed by atoms with E-state index in [-0.39, 0.29) is 12.1 Å². The van der Waals surface area contributed by atoms with Crippen molar-refractivity contribution in [3.8, 4) is 0 Å². The number of rotatable bonds is 6. The Kier molecular flexibility index (Phi) is 4.71. The molecular formula is C10H20N4O. The number of hydrogen-bond acceptors (Lipinski definition) is 4. The van der Waals surface area contributed by atoms with Gasteiger partial charge in [-0.15, -0.1) is 5.10 Å². The highest BCUT2D eigenvalue weighted by molar-refractivity contribution is 4.98. The Hall–Kier alpha value is -0.940. The van der Waals surface area contributed by atoms with Crippen LogP contribution < -0.4 is 5.73 Å². The van der Waals surface area contributed by atoms with Gasteiger partial charge in [-0.2, -0.15) is 0 Å². The number of ether oxygens (including phenoxy) is 1. The quantitative estimate of drug-likeness (QED) is 0.767. The largest absolute Gasteiger partial charge is 0.377 e. The van der Waals surface area contributed by atoms with Gasteiger partial charge in [-0.05, 0) is 20.3 Å². The molecule has 5 nitrogen and oxygen atoms in total. The molecule has 1 atom stereocenters. The molecule has 0 aliphatic heterocycles. The van der Waals surface area contributed by atoms with Gasteiger partial charge in [-0.25, -0.2) is 4.68 Å². The van der Waals surface area contributed by atoms with Crippen molar-refractivity contribution in [1.29, 1.82) is 0 Å². The second-order valence-electron chi connectivity index (χ2n) is 3.84. The zero-order chi connectivity index (χ0) is 11.3. The number of nitrogens with zero attached hydrogens (tertiary/aromatic N) is 3. The fraction of sp³-hybridized carbons (Fsp3) is 0.800. The van der Waals surface area contributed by atoms with E-state index in [9.17, 15) is 0 Å². The lowest BCUT2D eigenvalue weighted by molar-refractivity contribution is 0.0707. The molecule has 1 aromatic heterocycles. The Morgan fingerprint density at radius 2 is 2.27 bits per heavy atom. The van der Waals surface area contributed by atoms with Crippen LogP contribution >= 0.6 is 0 Å². The molecule has 86 valence electrons. The van der Waals surface area contributed by atoms with Gasteiger partial charge >= 0.3 is 0 Å². The molecule has 0 aromatic carbocycles. The summed E-state index contributed by atoms with van der Waals surface area (Å²) in [6.07, 6.45) is 3.02. The number of nitrogens with two attached hydrogens (primary N) is 1. The van der Waals surface area contributed by atoms with E-state index in [0.29, 0.717) is 6.61 Å². The monoisotopic (exact) mass is 212 g/mol. The fourth-order valence-corrected chi connectivity index (χ4v) is 1.18. The molecule has 1 rings (SSSR count). The zero-order valence-electron chi connectivity index (χ0n) is 9.68. The molecule has 15 heavy (non-hydrogen) atoms. The summed E-state index contributed by atoms with van der Waals surface area (Å²) in [7, 11) is 0. The Labute approximate surface area is 90.6 Å². The first-order chi connectivity index (χ1) is 7.13. The summed E-state index contributed by atoms with van der Waals surface area (Å²) < 4.78 is 7.19. The fourth-order valence-electron chi connectivity index (χ4n) is 1.18. The maximum Gasteiger partial charge on any atom is 0.0994 e. The molecule has 0 spiro atoms. The number of hydrogen-bond donors (Lipinski definition) is 1. The van der Waals surface area contributed by atoms with Gasteiger partial charge in [-0.3, -0.25) is 0 Å². The third-order valence-electron chi connectivity index (χ3n) is 2.15. The van der Waals surface area contributed by atoms with Gasteiger partial charge in [0.05, 0.1) is 37.2 Å². The molecular weight excluding hydrogens is 192 g/mol. The van der Waals surface area contributed by atoms with Gasteiger partial charge in [0.1, 0.15) is 0 Å². The minimum absolute atomic E-state index is 0.00947. The van der Waals surface area contributed by atoms with Crippen LogP contribution in [0.1, 0.15) is 38.9 Å². The van der Waals surface area contributed by atoms with Gasteiger partial charge in [0, 0.05) is 0 Å². The van der Waals surface area contributed by atoms with Crippen molar-refractivity contribution >= 4 is 0 Å². The highest BCUT2D eigenvalue weighted by Crippen LogP contribution is 2.08. The van der Waals surface area contributed by atoms with Gasteiger partial charge in [0.15, 0.2) is 0 Å². The van der Waals surface area contributed by atoms with Crippen LogP contribution in [0.4, 0.5) is 0 Å². The van der Waals surface area contributed by atoms with Gasteiger partial charge in [-0.1, -0.05) is 12.1 Å².